The number of hydrogen-bond donors (Lipinski definition) is 4. The Morgan fingerprint density at radius 3 is 1.87 bits per heavy atom. The van der Waals surface area contributed by atoms with Crippen LogP contribution < -0.4 is 5.32 Å². The second-order valence-electron chi connectivity index (χ2n) is 9.49. The molecule has 0 amide bonds. The number of rotatable bonds is 5. The van der Waals surface area contributed by atoms with E-state index in [1.165, 1.54) is 22.5 Å². The Kier molecular flexibility index (Phi) is 15.4. The molecule has 1 fully saturated rings. The van der Waals surface area contributed by atoms with E-state index in [0.717, 1.165) is 58.7 Å². The van der Waals surface area contributed by atoms with Crippen LogP contribution in [0, 0.1) is 0 Å². The molecule has 2 aliphatic heterocycles. The van der Waals surface area contributed by atoms with Crippen molar-refractivity contribution in [1.82, 2.24) is 25.0 Å². The van der Waals surface area contributed by atoms with Gasteiger partial charge < -0.3 is 25.4 Å². The van der Waals surface area contributed by atoms with Crippen LogP contribution in [0.25, 0.3) is 0 Å². The Labute approximate surface area is 254 Å². The van der Waals surface area contributed by atoms with Crippen LogP contribution in [0.5, 0.6) is 0 Å². The number of halogens is 9. The van der Waals surface area contributed by atoms with Crippen molar-refractivity contribution in [3.63, 3.8) is 0 Å². The van der Waals surface area contributed by atoms with Crippen LogP contribution in [0.2, 0.25) is 0 Å². The van der Waals surface area contributed by atoms with E-state index in [1.54, 1.807) is 0 Å². The fraction of sp³-hybridized carbons (Fsp3) is 0.560. The molecule has 2 aromatic rings. The van der Waals surface area contributed by atoms with Gasteiger partial charge in [0.25, 0.3) is 0 Å². The van der Waals surface area contributed by atoms with Crippen molar-refractivity contribution >= 4 is 17.9 Å². The molecule has 0 aromatic carbocycles. The summed E-state index contributed by atoms with van der Waals surface area (Å²) in [5, 5.41) is 29.9. The van der Waals surface area contributed by atoms with E-state index in [1.807, 2.05) is 18.5 Å². The predicted octanol–water partition coefficient (Wildman–Crippen LogP) is 3.54. The van der Waals surface area contributed by atoms with Gasteiger partial charge in [-0.1, -0.05) is 6.07 Å². The zero-order chi connectivity index (χ0) is 35.3. The molecule has 4 N–H and O–H groups in total. The van der Waals surface area contributed by atoms with Crippen molar-refractivity contribution in [2.45, 2.75) is 63.5 Å². The fourth-order valence-corrected chi connectivity index (χ4v) is 3.88. The molecule has 21 heteroatoms. The lowest BCUT2D eigenvalue weighted by molar-refractivity contribution is -0.193. The number of carbonyl (C=O) groups is 3. The molecule has 4 heterocycles. The van der Waals surface area contributed by atoms with E-state index in [9.17, 15) is 39.5 Å². The largest absolute Gasteiger partial charge is 0.490 e. The summed E-state index contributed by atoms with van der Waals surface area (Å²) in [6, 6.07) is 4.72. The van der Waals surface area contributed by atoms with Gasteiger partial charge in [-0.25, -0.2) is 14.4 Å². The van der Waals surface area contributed by atoms with Gasteiger partial charge in [-0.05, 0) is 30.9 Å². The Balaban J connectivity index is 0.000000413. The second kappa shape index (κ2) is 17.6. The summed E-state index contributed by atoms with van der Waals surface area (Å²) in [5.41, 5.74) is 5.31. The van der Waals surface area contributed by atoms with E-state index in [2.05, 4.69) is 33.0 Å². The van der Waals surface area contributed by atoms with Gasteiger partial charge >= 0.3 is 36.4 Å². The van der Waals surface area contributed by atoms with Crippen molar-refractivity contribution in [2.24, 2.45) is 7.05 Å². The normalized spacial score (nSPS) is 15.5. The van der Waals surface area contributed by atoms with Crippen LogP contribution in [0.15, 0.2) is 24.5 Å². The number of pyridine rings is 1. The topological polar surface area (TPSA) is 167 Å². The smallest absolute Gasteiger partial charge is 0.475 e. The minimum absolute atomic E-state index is 0.567. The number of nitrogens with one attached hydrogen (secondary N) is 1. The lowest BCUT2D eigenvalue weighted by Crippen LogP contribution is -2.35. The molecule has 0 bridgehead atoms. The molecule has 0 atom stereocenters. The highest BCUT2D eigenvalue weighted by molar-refractivity contribution is 5.73. The highest BCUT2D eigenvalue weighted by Crippen LogP contribution is 2.24. The summed E-state index contributed by atoms with van der Waals surface area (Å²) in [7, 11) is 2.07. The van der Waals surface area contributed by atoms with Crippen molar-refractivity contribution in [3.8, 4) is 0 Å². The molecule has 46 heavy (non-hydrogen) atoms. The summed E-state index contributed by atoms with van der Waals surface area (Å²) in [4.78, 5) is 33.4. The standard InChI is InChI=1S/C19H27N5O.3C2HF3O2/c1-23-19-14-24(13-15-3-2-7-20-11-15)8-4-17(19)18(22-23)12-21-16-5-9-25-10-6-16;3*3-2(4,5)1(6)7/h2-3,7,11,16,21H,4-6,8-10,12-14H2,1H3;3*(H,6,7). The third kappa shape index (κ3) is 14.9. The zero-order valence-electron chi connectivity index (χ0n) is 23.9. The van der Waals surface area contributed by atoms with Gasteiger partial charge in [-0.2, -0.15) is 44.6 Å². The average molecular weight is 684 g/mol. The van der Waals surface area contributed by atoms with Gasteiger partial charge in [-0.15, -0.1) is 0 Å². The maximum Gasteiger partial charge on any atom is 0.490 e. The molecular formula is C25H30F9N5O7. The third-order valence-electron chi connectivity index (χ3n) is 6.05. The Morgan fingerprint density at radius 1 is 0.935 bits per heavy atom. The molecule has 260 valence electrons. The molecule has 0 spiro atoms. The third-order valence-corrected chi connectivity index (χ3v) is 6.05. The molecular weight excluding hydrogens is 653 g/mol. The molecule has 0 aliphatic carbocycles. The van der Waals surface area contributed by atoms with E-state index < -0.39 is 36.4 Å². The summed E-state index contributed by atoms with van der Waals surface area (Å²) in [6.45, 7) is 5.62. The highest BCUT2D eigenvalue weighted by Gasteiger charge is 2.39. The summed E-state index contributed by atoms with van der Waals surface area (Å²) >= 11 is 0. The van der Waals surface area contributed by atoms with E-state index >= 15 is 0 Å². The molecule has 4 rings (SSSR count). The van der Waals surface area contributed by atoms with E-state index in [4.69, 9.17) is 39.5 Å². The quantitative estimate of drug-likeness (QED) is 0.341. The minimum Gasteiger partial charge on any atom is -0.475 e. The fourth-order valence-electron chi connectivity index (χ4n) is 3.88. The van der Waals surface area contributed by atoms with Crippen LogP contribution in [0.1, 0.15) is 35.4 Å². The maximum absolute atomic E-state index is 10.6. The van der Waals surface area contributed by atoms with Gasteiger partial charge in [0, 0.05) is 70.4 Å². The average Bonchev–Trinajstić information content (AvgIpc) is 3.27. The monoisotopic (exact) mass is 683 g/mol. The zero-order valence-corrected chi connectivity index (χ0v) is 23.9. The number of aromatic nitrogens is 3. The first-order chi connectivity index (χ1) is 21.1. The molecule has 0 radical (unpaired) electrons. The number of ether oxygens (including phenoxy) is 1. The Bertz CT molecular complexity index is 1210. The predicted molar refractivity (Wildman–Crippen MR) is 137 cm³/mol. The van der Waals surface area contributed by atoms with Gasteiger partial charge in [0.05, 0.1) is 11.4 Å². The molecule has 12 nitrogen and oxygen atoms in total. The number of fused-ring (bicyclic) bond motifs is 1. The van der Waals surface area contributed by atoms with Crippen LogP contribution in [-0.2, 0) is 52.2 Å². The van der Waals surface area contributed by atoms with Crippen molar-refractivity contribution in [1.29, 1.82) is 0 Å². The summed E-state index contributed by atoms with van der Waals surface area (Å²) < 4.78 is 103. The van der Waals surface area contributed by atoms with Crippen LogP contribution in [-0.4, -0.2) is 97.2 Å². The van der Waals surface area contributed by atoms with Crippen molar-refractivity contribution < 1.29 is 74.0 Å². The van der Waals surface area contributed by atoms with Crippen molar-refractivity contribution in [3.05, 3.63) is 47.0 Å². The van der Waals surface area contributed by atoms with Crippen LogP contribution in [0.3, 0.4) is 0 Å². The summed E-state index contributed by atoms with van der Waals surface area (Å²) in [6.07, 6.45) is -8.17. The molecule has 0 saturated carbocycles. The first-order valence-electron chi connectivity index (χ1n) is 13.0. The van der Waals surface area contributed by atoms with E-state index in [0.29, 0.717) is 6.04 Å². The summed E-state index contributed by atoms with van der Waals surface area (Å²) in [5.74, 6) is -8.27. The number of carboxylic acid groups (broad SMARTS) is 3. The van der Waals surface area contributed by atoms with E-state index in [-0.39, 0.29) is 0 Å². The number of hydrogen-bond acceptors (Lipinski definition) is 8. The molecule has 2 aliphatic rings. The Morgan fingerprint density at radius 2 is 1.43 bits per heavy atom. The number of nitrogens with zero attached hydrogens (tertiary/aromatic N) is 4. The second-order valence-corrected chi connectivity index (χ2v) is 9.49. The van der Waals surface area contributed by atoms with Crippen LogP contribution in [0.4, 0.5) is 39.5 Å². The van der Waals surface area contributed by atoms with Gasteiger partial charge in [0.15, 0.2) is 0 Å². The lowest BCUT2D eigenvalue weighted by atomic mass is 10.0. The SMILES string of the molecule is Cn1nc(CNC2CCOCC2)c2c1CN(Cc1cccnc1)CC2.O=C(O)C(F)(F)F.O=C(O)C(F)(F)F.O=C(O)C(F)(F)F. The highest BCUT2D eigenvalue weighted by atomic mass is 19.4. The first-order valence-corrected chi connectivity index (χ1v) is 13.0. The number of aryl methyl sites for hydroxylation is 1. The lowest BCUT2D eigenvalue weighted by Gasteiger charge is -2.27. The number of alkyl halides is 9. The van der Waals surface area contributed by atoms with Gasteiger partial charge in [-0.3, -0.25) is 14.6 Å². The number of aliphatic carboxylic acids is 3. The molecule has 1 saturated heterocycles. The van der Waals surface area contributed by atoms with Crippen molar-refractivity contribution in [2.75, 3.05) is 19.8 Å². The molecule has 0 unspecified atom stereocenters. The van der Waals surface area contributed by atoms with Crippen LogP contribution >= 0.6 is 0 Å². The minimum atomic E-state index is -5.08. The first kappa shape index (κ1) is 40.0. The van der Waals surface area contributed by atoms with Gasteiger partial charge in [0.2, 0.25) is 0 Å². The number of carboxylic acids is 3. The van der Waals surface area contributed by atoms with Gasteiger partial charge in [0.1, 0.15) is 0 Å². The molecule has 2 aromatic heterocycles. The maximum atomic E-state index is 10.6. The Hall–Kier alpha value is -3.98.